The van der Waals surface area contributed by atoms with Gasteiger partial charge >= 0.3 is 0 Å². The second-order valence-electron chi connectivity index (χ2n) is 5.40. The van der Waals surface area contributed by atoms with Crippen molar-refractivity contribution in [1.82, 2.24) is 5.43 Å². The van der Waals surface area contributed by atoms with E-state index in [0.29, 0.717) is 5.92 Å². The highest BCUT2D eigenvalue weighted by atomic mass is 19.1. The molecule has 3 rings (SSSR count). The van der Waals surface area contributed by atoms with E-state index in [9.17, 15) is 4.39 Å². The molecule has 2 atom stereocenters. The average molecular weight is 270 g/mol. The molecule has 0 amide bonds. The molecule has 0 radical (unpaired) electrons. The van der Waals surface area contributed by atoms with Gasteiger partial charge in [-0.25, -0.2) is 4.39 Å². The SMILES string of the molecule is NNC(c1cccc(F)c1)C1CCCc2ccccc21. The number of nitrogens with one attached hydrogen (secondary N) is 1. The van der Waals surface area contributed by atoms with E-state index in [0.717, 1.165) is 24.8 Å². The first-order valence-electron chi connectivity index (χ1n) is 7.09. The van der Waals surface area contributed by atoms with Crippen LogP contribution < -0.4 is 11.3 Å². The average Bonchev–Trinajstić information content (AvgIpc) is 2.48. The molecule has 0 aromatic heterocycles. The van der Waals surface area contributed by atoms with Gasteiger partial charge in [0.05, 0.1) is 6.04 Å². The number of fused-ring (bicyclic) bond motifs is 1. The summed E-state index contributed by atoms with van der Waals surface area (Å²) in [6, 6.07) is 15.2. The van der Waals surface area contributed by atoms with Crippen molar-refractivity contribution < 1.29 is 4.39 Å². The van der Waals surface area contributed by atoms with Crippen LogP contribution in [0.3, 0.4) is 0 Å². The Labute approximate surface area is 118 Å². The van der Waals surface area contributed by atoms with Crippen LogP contribution in [-0.2, 0) is 6.42 Å². The van der Waals surface area contributed by atoms with E-state index in [1.54, 1.807) is 12.1 Å². The molecule has 0 aliphatic heterocycles. The Morgan fingerprint density at radius 3 is 2.80 bits per heavy atom. The molecular weight excluding hydrogens is 251 g/mol. The molecular formula is C17H19FN2. The van der Waals surface area contributed by atoms with Crippen molar-refractivity contribution in [3.05, 3.63) is 71.0 Å². The Kier molecular flexibility index (Phi) is 3.81. The van der Waals surface area contributed by atoms with E-state index in [4.69, 9.17) is 5.84 Å². The Balaban J connectivity index is 1.99. The van der Waals surface area contributed by atoms with Gasteiger partial charge in [-0.15, -0.1) is 0 Å². The fourth-order valence-corrected chi connectivity index (χ4v) is 3.28. The molecule has 0 bridgehead atoms. The molecule has 1 aliphatic rings. The minimum Gasteiger partial charge on any atom is -0.271 e. The lowest BCUT2D eigenvalue weighted by Crippen LogP contribution is -2.34. The van der Waals surface area contributed by atoms with Crippen molar-refractivity contribution in [2.75, 3.05) is 0 Å². The third kappa shape index (κ3) is 2.47. The van der Waals surface area contributed by atoms with Crippen LogP contribution in [-0.4, -0.2) is 0 Å². The molecule has 3 heteroatoms. The second-order valence-corrected chi connectivity index (χ2v) is 5.40. The first kappa shape index (κ1) is 13.3. The van der Waals surface area contributed by atoms with E-state index < -0.39 is 0 Å². The van der Waals surface area contributed by atoms with Crippen molar-refractivity contribution in [3.8, 4) is 0 Å². The van der Waals surface area contributed by atoms with Gasteiger partial charge in [-0.2, -0.15) is 0 Å². The van der Waals surface area contributed by atoms with E-state index in [1.807, 2.05) is 6.07 Å². The highest BCUT2D eigenvalue weighted by molar-refractivity contribution is 5.36. The molecule has 2 aromatic rings. The highest BCUT2D eigenvalue weighted by Gasteiger charge is 2.28. The lowest BCUT2D eigenvalue weighted by Gasteiger charge is -2.32. The van der Waals surface area contributed by atoms with E-state index in [1.165, 1.54) is 17.2 Å². The number of rotatable bonds is 3. The van der Waals surface area contributed by atoms with Crippen LogP contribution in [0.25, 0.3) is 0 Å². The zero-order chi connectivity index (χ0) is 13.9. The van der Waals surface area contributed by atoms with Gasteiger partial charge < -0.3 is 0 Å². The standard InChI is InChI=1S/C17H19FN2/c18-14-8-3-7-13(11-14)17(20-19)16-10-4-6-12-5-1-2-9-15(12)16/h1-3,5,7-9,11,16-17,20H,4,6,10,19H2. The largest absolute Gasteiger partial charge is 0.271 e. The number of nitrogens with two attached hydrogens (primary N) is 1. The number of benzene rings is 2. The van der Waals surface area contributed by atoms with Crippen molar-refractivity contribution in [2.24, 2.45) is 5.84 Å². The van der Waals surface area contributed by atoms with Crippen molar-refractivity contribution >= 4 is 0 Å². The van der Waals surface area contributed by atoms with Crippen LogP contribution in [0.1, 0.15) is 41.5 Å². The molecule has 2 nitrogen and oxygen atoms in total. The molecule has 2 aromatic carbocycles. The van der Waals surface area contributed by atoms with Crippen LogP contribution in [0.2, 0.25) is 0 Å². The van der Waals surface area contributed by atoms with E-state index in [2.05, 4.69) is 29.7 Å². The molecule has 0 fully saturated rings. The lowest BCUT2D eigenvalue weighted by atomic mass is 9.77. The maximum Gasteiger partial charge on any atom is 0.123 e. The molecule has 0 saturated heterocycles. The molecule has 0 heterocycles. The van der Waals surface area contributed by atoms with Crippen LogP contribution >= 0.6 is 0 Å². The highest BCUT2D eigenvalue weighted by Crippen LogP contribution is 2.39. The van der Waals surface area contributed by atoms with Crippen LogP contribution in [0.15, 0.2) is 48.5 Å². The van der Waals surface area contributed by atoms with Gasteiger partial charge in [0.15, 0.2) is 0 Å². The van der Waals surface area contributed by atoms with E-state index >= 15 is 0 Å². The first-order valence-corrected chi connectivity index (χ1v) is 7.09. The van der Waals surface area contributed by atoms with Gasteiger partial charge in [-0.05, 0) is 48.1 Å². The van der Waals surface area contributed by atoms with Crippen molar-refractivity contribution in [2.45, 2.75) is 31.2 Å². The third-order valence-electron chi connectivity index (χ3n) is 4.21. The number of halogens is 1. The zero-order valence-corrected chi connectivity index (χ0v) is 11.4. The molecule has 0 spiro atoms. The number of hydrogen-bond donors (Lipinski definition) is 2. The molecule has 2 unspecified atom stereocenters. The summed E-state index contributed by atoms with van der Waals surface area (Å²) in [4.78, 5) is 0. The number of aryl methyl sites for hydroxylation is 1. The van der Waals surface area contributed by atoms with Gasteiger partial charge in [-0.3, -0.25) is 11.3 Å². The molecule has 104 valence electrons. The Morgan fingerprint density at radius 2 is 2.00 bits per heavy atom. The summed E-state index contributed by atoms with van der Waals surface area (Å²) in [6.07, 6.45) is 3.34. The normalized spacial score (nSPS) is 19.4. The summed E-state index contributed by atoms with van der Waals surface area (Å²) in [6.45, 7) is 0. The summed E-state index contributed by atoms with van der Waals surface area (Å²) < 4.78 is 13.5. The maximum atomic E-state index is 13.5. The fraction of sp³-hybridized carbons (Fsp3) is 0.294. The zero-order valence-electron chi connectivity index (χ0n) is 11.4. The van der Waals surface area contributed by atoms with Crippen molar-refractivity contribution in [3.63, 3.8) is 0 Å². The third-order valence-corrected chi connectivity index (χ3v) is 4.21. The van der Waals surface area contributed by atoms with Gasteiger partial charge in [0.1, 0.15) is 5.82 Å². The molecule has 3 N–H and O–H groups in total. The summed E-state index contributed by atoms with van der Waals surface area (Å²) in [7, 11) is 0. The smallest absolute Gasteiger partial charge is 0.123 e. The van der Waals surface area contributed by atoms with Gasteiger partial charge in [-0.1, -0.05) is 36.4 Å². The second kappa shape index (κ2) is 5.73. The molecule has 1 aliphatic carbocycles. The Bertz CT molecular complexity index is 597. The van der Waals surface area contributed by atoms with Gasteiger partial charge in [0.25, 0.3) is 0 Å². The van der Waals surface area contributed by atoms with Crippen LogP contribution in [0, 0.1) is 5.82 Å². The molecule has 20 heavy (non-hydrogen) atoms. The van der Waals surface area contributed by atoms with E-state index in [-0.39, 0.29) is 11.9 Å². The first-order chi connectivity index (χ1) is 9.79. The van der Waals surface area contributed by atoms with Crippen molar-refractivity contribution in [1.29, 1.82) is 0 Å². The minimum absolute atomic E-state index is 0.0489. The summed E-state index contributed by atoms with van der Waals surface area (Å²) in [5.41, 5.74) is 6.53. The minimum atomic E-state index is -0.216. The topological polar surface area (TPSA) is 38.0 Å². The summed E-state index contributed by atoms with van der Waals surface area (Å²) >= 11 is 0. The predicted molar refractivity (Wildman–Crippen MR) is 78.6 cm³/mol. The predicted octanol–water partition coefficient (Wildman–Crippen LogP) is 3.45. The molecule has 0 saturated carbocycles. The van der Waals surface area contributed by atoms with Crippen LogP contribution in [0.5, 0.6) is 0 Å². The monoisotopic (exact) mass is 270 g/mol. The maximum absolute atomic E-state index is 13.5. The number of hydrazine groups is 1. The van der Waals surface area contributed by atoms with Gasteiger partial charge in [0, 0.05) is 5.92 Å². The number of hydrogen-bond acceptors (Lipinski definition) is 2. The Morgan fingerprint density at radius 1 is 1.15 bits per heavy atom. The van der Waals surface area contributed by atoms with Crippen LogP contribution in [0.4, 0.5) is 4.39 Å². The summed E-state index contributed by atoms with van der Waals surface area (Å²) in [5, 5.41) is 0. The quantitative estimate of drug-likeness (QED) is 0.662. The lowest BCUT2D eigenvalue weighted by molar-refractivity contribution is 0.407. The summed E-state index contributed by atoms with van der Waals surface area (Å²) in [5.74, 6) is 5.85. The Hall–Kier alpha value is -1.71. The fourth-order valence-electron chi connectivity index (χ4n) is 3.28. The van der Waals surface area contributed by atoms with Gasteiger partial charge in [0.2, 0.25) is 0 Å².